The van der Waals surface area contributed by atoms with E-state index in [-0.39, 0.29) is 0 Å². The Morgan fingerprint density at radius 2 is 1.83 bits per heavy atom. The zero-order chi connectivity index (χ0) is 13.0. The minimum atomic E-state index is 0.719. The zero-order valence-electron chi connectivity index (χ0n) is 9.46. The van der Waals surface area contributed by atoms with Crippen LogP contribution in [0.3, 0.4) is 0 Å². The topological polar surface area (TPSA) is 24.9 Å². The lowest BCUT2D eigenvalue weighted by molar-refractivity contribution is 0.677. The van der Waals surface area contributed by atoms with Crippen molar-refractivity contribution in [2.24, 2.45) is 0 Å². The molecule has 2 nitrogen and oxygen atoms in total. The van der Waals surface area contributed by atoms with Gasteiger partial charge < -0.3 is 5.32 Å². The zero-order valence-corrected chi connectivity index (χ0v) is 13.4. The SMILES string of the molecule is Clc1ccc(CNCc2ncc(Br)cc2Br)cc1. The van der Waals surface area contributed by atoms with Crippen molar-refractivity contribution >= 4 is 43.5 Å². The molecule has 0 unspecified atom stereocenters. The first-order valence-electron chi connectivity index (χ1n) is 5.40. The van der Waals surface area contributed by atoms with E-state index in [9.17, 15) is 0 Å². The van der Waals surface area contributed by atoms with Crippen LogP contribution in [0.5, 0.6) is 0 Å². The number of nitrogens with zero attached hydrogens (tertiary/aromatic N) is 1. The van der Waals surface area contributed by atoms with Gasteiger partial charge >= 0.3 is 0 Å². The van der Waals surface area contributed by atoms with Crippen LogP contribution in [-0.2, 0) is 13.1 Å². The summed E-state index contributed by atoms with van der Waals surface area (Å²) in [4.78, 5) is 4.35. The summed E-state index contributed by atoms with van der Waals surface area (Å²) in [5.41, 5.74) is 2.19. The summed E-state index contributed by atoms with van der Waals surface area (Å²) in [7, 11) is 0. The predicted molar refractivity (Wildman–Crippen MR) is 81.6 cm³/mol. The largest absolute Gasteiger partial charge is 0.307 e. The molecule has 0 aliphatic carbocycles. The van der Waals surface area contributed by atoms with E-state index < -0.39 is 0 Å². The summed E-state index contributed by atoms with van der Waals surface area (Å²) < 4.78 is 1.97. The van der Waals surface area contributed by atoms with Crippen molar-refractivity contribution in [3.05, 3.63) is 61.8 Å². The Hall–Kier alpha value is -0.420. The van der Waals surface area contributed by atoms with Crippen molar-refractivity contribution in [3.63, 3.8) is 0 Å². The molecular formula is C13H11Br2ClN2. The highest BCUT2D eigenvalue weighted by atomic mass is 79.9. The van der Waals surface area contributed by atoms with Crippen molar-refractivity contribution in [2.45, 2.75) is 13.1 Å². The third-order valence-corrected chi connectivity index (χ3v) is 3.79. The molecule has 0 bridgehead atoms. The number of benzene rings is 1. The summed E-state index contributed by atoms with van der Waals surface area (Å²) in [6, 6.07) is 9.81. The first-order valence-corrected chi connectivity index (χ1v) is 7.36. The first-order chi connectivity index (χ1) is 8.65. The van der Waals surface area contributed by atoms with Crippen LogP contribution in [0, 0.1) is 0 Å². The highest BCUT2D eigenvalue weighted by Crippen LogP contribution is 2.19. The molecule has 0 spiro atoms. The van der Waals surface area contributed by atoms with Gasteiger partial charge in [0.25, 0.3) is 0 Å². The van der Waals surface area contributed by atoms with Gasteiger partial charge in [0, 0.05) is 33.3 Å². The molecule has 1 heterocycles. The van der Waals surface area contributed by atoms with Crippen LogP contribution in [0.15, 0.2) is 45.5 Å². The Morgan fingerprint density at radius 3 is 2.50 bits per heavy atom. The van der Waals surface area contributed by atoms with E-state index in [4.69, 9.17) is 11.6 Å². The van der Waals surface area contributed by atoms with Crippen LogP contribution in [0.2, 0.25) is 5.02 Å². The fraction of sp³-hybridized carbons (Fsp3) is 0.154. The standard InChI is InChI=1S/C13H11Br2ClN2/c14-10-5-12(15)13(18-7-10)8-17-6-9-1-3-11(16)4-2-9/h1-5,7,17H,6,8H2. The predicted octanol–water partition coefficient (Wildman–Crippen LogP) is 4.55. The van der Waals surface area contributed by atoms with Gasteiger partial charge in [0.15, 0.2) is 0 Å². The Morgan fingerprint density at radius 1 is 1.11 bits per heavy atom. The molecule has 2 rings (SSSR count). The van der Waals surface area contributed by atoms with E-state index in [1.54, 1.807) is 6.20 Å². The maximum Gasteiger partial charge on any atom is 0.0684 e. The van der Waals surface area contributed by atoms with Gasteiger partial charge in [-0.25, -0.2) is 0 Å². The summed E-state index contributed by atoms with van der Waals surface area (Å²) in [6.07, 6.45) is 1.80. The number of rotatable bonds is 4. The summed E-state index contributed by atoms with van der Waals surface area (Å²) >= 11 is 12.7. The van der Waals surface area contributed by atoms with Gasteiger partial charge in [-0.05, 0) is 55.6 Å². The Labute approximate surface area is 128 Å². The van der Waals surface area contributed by atoms with Crippen molar-refractivity contribution in [3.8, 4) is 0 Å². The molecule has 2 aromatic rings. The van der Waals surface area contributed by atoms with Crippen molar-refractivity contribution in [2.75, 3.05) is 0 Å². The van der Waals surface area contributed by atoms with Gasteiger partial charge in [0.2, 0.25) is 0 Å². The molecule has 18 heavy (non-hydrogen) atoms. The molecular weight excluding hydrogens is 379 g/mol. The minimum absolute atomic E-state index is 0.719. The Kier molecular flexibility index (Phi) is 5.18. The maximum absolute atomic E-state index is 5.84. The number of hydrogen-bond acceptors (Lipinski definition) is 2. The fourth-order valence-electron chi connectivity index (χ4n) is 1.50. The number of halogens is 3. The third-order valence-electron chi connectivity index (χ3n) is 2.42. The van der Waals surface area contributed by atoms with E-state index in [0.29, 0.717) is 0 Å². The van der Waals surface area contributed by atoms with E-state index in [1.165, 1.54) is 5.56 Å². The molecule has 0 aliphatic heterocycles. The minimum Gasteiger partial charge on any atom is -0.307 e. The van der Waals surface area contributed by atoms with Crippen molar-refractivity contribution in [1.29, 1.82) is 0 Å². The first kappa shape index (κ1) is 14.0. The highest BCUT2D eigenvalue weighted by Gasteiger charge is 2.02. The normalized spacial score (nSPS) is 10.6. The molecule has 0 saturated carbocycles. The smallest absolute Gasteiger partial charge is 0.0684 e. The van der Waals surface area contributed by atoms with Crippen LogP contribution in [0.1, 0.15) is 11.3 Å². The second-order valence-electron chi connectivity index (χ2n) is 3.81. The summed E-state index contributed by atoms with van der Waals surface area (Å²) in [6.45, 7) is 1.51. The van der Waals surface area contributed by atoms with E-state index >= 15 is 0 Å². The van der Waals surface area contributed by atoms with Gasteiger partial charge in [0.05, 0.1) is 5.69 Å². The lowest BCUT2D eigenvalue weighted by Crippen LogP contribution is -2.14. The molecule has 0 radical (unpaired) electrons. The molecule has 0 atom stereocenters. The highest BCUT2D eigenvalue weighted by molar-refractivity contribution is 9.11. The van der Waals surface area contributed by atoms with E-state index in [0.717, 1.165) is 32.8 Å². The van der Waals surface area contributed by atoms with Crippen LogP contribution in [0.25, 0.3) is 0 Å². The van der Waals surface area contributed by atoms with E-state index in [1.807, 2.05) is 30.3 Å². The van der Waals surface area contributed by atoms with Crippen LogP contribution >= 0.6 is 43.5 Å². The number of nitrogens with one attached hydrogen (secondary N) is 1. The van der Waals surface area contributed by atoms with Crippen LogP contribution in [-0.4, -0.2) is 4.98 Å². The van der Waals surface area contributed by atoms with Gasteiger partial charge in [-0.3, -0.25) is 4.98 Å². The molecule has 0 amide bonds. The number of aromatic nitrogens is 1. The van der Waals surface area contributed by atoms with Gasteiger partial charge in [-0.2, -0.15) is 0 Å². The Bertz CT molecular complexity index is 529. The molecule has 94 valence electrons. The lowest BCUT2D eigenvalue weighted by atomic mass is 10.2. The van der Waals surface area contributed by atoms with Crippen molar-refractivity contribution < 1.29 is 0 Å². The molecule has 5 heteroatoms. The number of hydrogen-bond donors (Lipinski definition) is 1. The molecule has 0 fully saturated rings. The summed E-state index contributed by atoms with van der Waals surface area (Å²) in [5.74, 6) is 0. The van der Waals surface area contributed by atoms with Crippen LogP contribution in [0.4, 0.5) is 0 Å². The Balaban J connectivity index is 1.90. The van der Waals surface area contributed by atoms with Crippen molar-refractivity contribution in [1.82, 2.24) is 10.3 Å². The molecule has 0 saturated heterocycles. The third kappa shape index (κ3) is 4.05. The molecule has 1 aromatic heterocycles. The molecule has 1 N–H and O–H groups in total. The molecule has 0 aliphatic rings. The van der Waals surface area contributed by atoms with Gasteiger partial charge in [-0.15, -0.1) is 0 Å². The lowest BCUT2D eigenvalue weighted by Gasteiger charge is -2.06. The van der Waals surface area contributed by atoms with Crippen LogP contribution < -0.4 is 5.32 Å². The van der Waals surface area contributed by atoms with E-state index in [2.05, 4.69) is 42.2 Å². The second kappa shape index (κ2) is 6.66. The average Bonchev–Trinajstić information content (AvgIpc) is 2.34. The fourth-order valence-corrected chi connectivity index (χ4v) is 2.75. The second-order valence-corrected chi connectivity index (χ2v) is 6.02. The quantitative estimate of drug-likeness (QED) is 0.828. The van der Waals surface area contributed by atoms with Gasteiger partial charge in [-0.1, -0.05) is 23.7 Å². The average molecular weight is 391 g/mol. The van der Waals surface area contributed by atoms with Gasteiger partial charge in [0.1, 0.15) is 0 Å². The maximum atomic E-state index is 5.84. The number of pyridine rings is 1. The monoisotopic (exact) mass is 388 g/mol. The molecule has 1 aromatic carbocycles. The summed E-state index contributed by atoms with van der Waals surface area (Å²) in [5, 5.41) is 4.11.